The van der Waals surface area contributed by atoms with Gasteiger partial charge < -0.3 is 14.0 Å². The van der Waals surface area contributed by atoms with Crippen LogP contribution in [0.15, 0.2) is 70.5 Å². The van der Waals surface area contributed by atoms with Gasteiger partial charge in [0.15, 0.2) is 22.5 Å². The Labute approximate surface area is 234 Å². The number of fused-ring (bicyclic) bond motifs is 2. The number of benzene rings is 1. The zero-order valence-corrected chi connectivity index (χ0v) is 24.0. The summed E-state index contributed by atoms with van der Waals surface area (Å²) in [5.41, 5.74) is 2.83. The molecule has 39 heavy (non-hydrogen) atoms. The first-order valence-electron chi connectivity index (χ1n) is 11.9. The average molecular weight is 605 g/mol. The number of rotatable bonds is 9. The number of aromatic nitrogens is 2. The lowest BCUT2D eigenvalue weighted by molar-refractivity contribution is -0.649. The van der Waals surface area contributed by atoms with Crippen molar-refractivity contribution in [1.29, 1.82) is 0 Å². The van der Waals surface area contributed by atoms with Gasteiger partial charge in [0.2, 0.25) is 17.1 Å². The zero-order chi connectivity index (χ0) is 27.8. The number of hydrogen-bond donors (Lipinski definition) is 0. The van der Waals surface area contributed by atoms with Crippen LogP contribution in [0, 0.1) is 0 Å². The van der Waals surface area contributed by atoms with Crippen molar-refractivity contribution in [3.8, 4) is 0 Å². The van der Waals surface area contributed by atoms with Crippen LogP contribution in [0.5, 0.6) is 0 Å². The van der Waals surface area contributed by atoms with Crippen molar-refractivity contribution in [3.63, 3.8) is 0 Å². The molecule has 10 nitrogen and oxygen atoms in total. The topological polar surface area (TPSA) is 137 Å². The Morgan fingerprint density at radius 1 is 1.18 bits per heavy atom. The molecular formula is C25H24N4O6S4. The highest BCUT2D eigenvalue weighted by Crippen LogP contribution is 2.48. The number of hydrogen-bond acceptors (Lipinski definition) is 10. The molecule has 0 saturated carbocycles. The molecule has 0 atom stereocenters. The molecule has 0 saturated heterocycles. The fraction of sp³-hybridized carbons (Fsp3) is 0.240. The summed E-state index contributed by atoms with van der Waals surface area (Å²) >= 11 is 2.66. The number of pyridine rings is 1. The van der Waals surface area contributed by atoms with Gasteiger partial charge in [0.1, 0.15) is 20.7 Å². The summed E-state index contributed by atoms with van der Waals surface area (Å²) in [5.74, 6) is -1.46. The lowest BCUT2D eigenvalue weighted by atomic mass is 10.1. The van der Waals surface area contributed by atoms with E-state index in [-0.39, 0.29) is 0 Å². The molecular weight excluding hydrogens is 581 g/mol. The molecule has 1 aromatic carbocycles. The van der Waals surface area contributed by atoms with Gasteiger partial charge >= 0.3 is 0 Å². The van der Waals surface area contributed by atoms with Crippen LogP contribution in [-0.4, -0.2) is 47.6 Å². The van der Waals surface area contributed by atoms with Gasteiger partial charge in [0.05, 0.1) is 16.9 Å². The second-order valence-electron chi connectivity index (χ2n) is 8.93. The SMILES string of the molecule is CCCC(/C=C1\Sc2ccc([N+]3=CCC=C3)cc2N1CS(=O)(=O)[O-])=C\c1sc2cnccc2[n+]1CS(=O)(=O)[O-]. The lowest BCUT2D eigenvalue weighted by Gasteiger charge is -2.22. The Balaban J connectivity index is 1.60. The van der Waals surface area contributed by atoms with E-state index in [0.717, 1.165) is 33.7 Å². The molecule has 0 unspecified atom stereocenters. The lowest BCUT2D eigenvalue weighted by Crippen LogP contribution is -2.39. The van der Waals surface area contributed by atoms with E-state index in [9.17, 15) is 25.9 Å². The Hall–Kier alpha value is -2.88. The highest BCUT2D eigenvalue weighted by Gasteiger charge is 2.29. The minimum atomic E-state index is -4.61. The maximum atomic E-state index is 11.9. The van der Waals surface area contributed by atoms with E-state index < -0.39 is 32.0 Å². The first-order chi connectivity index (χ1) is 18.5. The molecule has 2 aliphatic heterocycles. The molecule has 0 fully saturated rings. The Morgan fingerprint density at radius 3 is 2.69 bits per heavy atom. The fourth-order valence-corrected chi connectivity index (χ4v) is 7.98. The van der Waals surface area contributed by atoms with Gasteiger partial charge in [0.25, 0.3) is 5.01 Å². The maximum Gasteiger partial charge on any atom is 0.263 e. The van der Waals surface area contributed by atoms with Gasteiger partial charge in [-0.2, -0.15) is 9.14 Å². The molecule has 0 aliphatic carbocycles. The first-order valence-corrected chi connectivity index (χ1v) is 16.7. The van der Waals surface area contributed by atoms with E-state index in [1.54, 1.807) is 18.3 Å². The molecule has 0 radical (unpaired) electrons. The standard InChI is InChI=1S/C25H24N4O6S4/c1-2-5-18(12-24-28(16-38(30,31)32)20-8-9-26-15-23(20)37-24)13-25-29(17-39(33,34)35)21-14-19(6-7-22(21)36-25)27-10-3-4-11-27/h3,6-15H,2,4-5,16-17H2,1H3. The number of nitrogens with zero attached hydrogens (tertiary/aromatic N) is 4. The van der Waals surface area contributed by atoms with Gasteiger partial charge in [-0.1, -0.05) is 36.4 Å². The van der Waals surface area contributed by atoms with Crippen molar-refractivity contribution < 1.29 is 35.1 Å². The summed E-state index contributed by atoms with van der Waals surface area (Å²) in [4.78, 5) is 6.41. The summed E-state index contributed by atoms with van der Waals surface area (Å²) in [6.07, 6.45) is 14.8. The molecule has 2 aliphatic rings. The summed E-state index contributed by atoms with van der Waals surface area (Å²) < 4.78 is 74.8. The molecule has 0 spiro atoms. The van der Waals surface area contributed by atoms with Gasteiger partial charge in [-0.05, 0) is 30.2 Å². The quantitative estimate of drug-likeness (QED) is 0.263. The molecule has 4 heterocycles. The summed E-state index contributed by atoms with van der Waals surface area (Å²) in [7, 11) is -9.19. The molecule has 204 valence electrons. The predicted octanol–water partition coefficient (Wildman–Crippen LogP) is 3.86. The summed E-state index contributed by atoms with van der Waals surface area (Å²) in [5, 5.41) is 1.10. The van der Waals surface area contributed by atoms with Crippen molar-refractivity contribution in [2.45, 2.75) is 37.0 Å². The van der Waals surface area contributed by atoms with E-state index >= 15 is 0 Å². The van der Waals surface area contributed by atoms with Crippen LogP contribution in [0.4, 0.5) is 11.4 Å². The molecule has 5 rings (SSSR count). The third kappa shape index (κ3) is 6.48. The first kappa shape index (κ1) is 27.7. The van der Waals surface area contributed by atoms with Crippen molar-refractivity contribution in [2.75, 3.05) is 10.8 Å². The second kappa shape index (κ2) is 10.9. The van der Waals surface area contributed by atoms with Crippen molar-refractivity contribution >= 4 is 77.2 Å². The van der Waals surface area contributed by atoms with E-state index in [1.807, 2.05) is 54.3 Å². The minimum absolute atomic E-state index is 0.542. The molecule has 0 amide bonds. The Bertz CT molecular complexity index is 1790. The largest absolute Gasteiger partial charge is 0.747 e. The number of anilines is 1. The predicted molar refractivity (Wildman–Crippen MR) is 150 cm³/mol. The van der Waals surface area contributed by atoms with Crippen LogP contribution in [0.1, 0.15) is 31.2 Å². The third-order valence-corrected chi connectivity index (χ3v) is 9.32. The van der Waals surface area contributed by atoms with Gasteiger partial charge in [-0.15, -0.1) is 0 Å². The number of allylic oxidation sites excluding steroid dienone is 3. The van der Waals surface area contributed by atoms with E-state index in [1.165, 1.54) is 38.8 Å². The van der Waals surface area contributed by atoms with Crippen LogP contribution >= 0.6 is 23.1 Å². The highest BCUT2D eigenvalue weighted by atomic mass is 32.2. The monoisotopic (exact) mass is 604 g/mol. The van der Waals surface area contributed by atoms with Crippen molar-refractivity contribution in [1.82, 2.24) is 4.98 Å². The number of thioether (sulfide) groups is 1. The van der Waals surface area contributed by atoms with Crippen molar-refractivity contribution in [2.24, 2.45) is 0 Å². The Kier molecular flexibility index (Phi) is 7.77. The van der Waals surface area contributed by atoms with E-state index in [2.05, 4.69) is 4.98 Å². The van der Waals surface area contributed by atoms with Gasteiger partial charge in [-0.25, -0.2) is 16.8 Å². The molecule has 14 heteroatoms. The fourth-order valence-electron chi connectivity index (χ4n) is 4.40. The normalized spacial score (nSPS) is 16.9. The highest BCUT2D eigenvalue weighted by molar-refractivity contribution is 8.03. The van der Waals surface area contributed by atoms with E-state index in [4.69, 9.17) is 0 Å². The van der Waals surface area contributed by atoms with Gasteiger partial charge in [0, 0.05) is 41.8 Å². The minimum Gasteiger partial charge on any atom is -0.747 e. The van der Waals surface area contributed by atoms with Crippen LogP contribution in [0.2, 0.25) is 0 Å². The van der Waals surface area contributed by atoms with Crippen LogP contribution in [-0.2, 0) is 26.1 Å². The molecule has 0 bridgehead atoms. The van der Waals surface area contributed by atoms with Crippen LogP contribution in [0.3, 0.4) is 0 Å². The van der Waals surface area contributed by atoms with Crippen LogP contribution in [0.25, 0.3) is 16.3 Å². The molecule has 0 N–H and O–H groups in total. The third-order valence-electron chi connectivity index (χ3n) is 5.98. The van der Waals surface area contributed by atoms with E-state index in [0.29, 0.717) is 27.7 Å². The molecule has 2 aromatic heterocycles. The maximum absolute atomic E-state index is 11.9. The van der Waals surface area contributed by atoms with Crippen LogP contribution < -0.4 is 9.47 Å². The summed E-state index contributed by atoms with van der Waals surface area (Å²) in [6, 6.07) is 7.35. The van der Waals surface area contributed by atoms with Crippen molar-refractivity contribution in [3.05, 3.63) is 70.6 Å². The zero-order valence-electron chi connectivity index (χ0n) is 20.8. The average Bonchev–Trinajstić information content (AvgIpc) is 3.57. The number of thiazole rings is 1. The smallest absolute Gasteiger partial charge is 0.263 e. The van der Waals surface area contributed by atoms with Gasteiger partial charge in [-0.3, -0.25) is 4.98 Å². The summed E-state index contributed by atoms with van der Waals surface area (Å²) in [6.45, 7) is 1.99. The second-order valence-corrected chi connectivity index (χ2v) is 13.8. The Morgan fingerprint density at radius 2 is 2.00 bits per heavy atom. The molecule has 3 aromatic rings.